The Morgan fingerprint density at radius 1 is 0.853 bits per heavy atom. The van der Waals surface area contributed by atoms with E-state index in [9.17, 15) is 22.8 Å². The minimum atomic E-state index is -4.82. The quantitative estimate of drug-likeness (QED) is 0.498. The van der Waals surface area contributed by atoms with Gasteiger partial charge in [0.15, 0.2) is 0 Å². The van der Waals surface area contributed by atoms with Crippen LogP contribution in [0.2, 0.25) is 0 Å². The molecule has 0 aromatic heterocycles. The number of para-hydroxylation sites is 1. The molecule has 34 heavy (non-hydrogen) atoms. The highest BCUT2D eigenvalue weighted by atomic mass is 19.4. The lowest BCUT2D eigenvalue weighted by Gasteiger charge is -2.16. The fourth-order valence-electron chi connectivity index (χ4n) is 3.56. The van der Waals surface area contributed by atoms with E-state index >= 15 is 0 Å². The Morgan fingerprint density at radius 3 is 2.12 bits per heavy atom. The largest absolute Gasteiger partial charge is 0.573 e. The molecular formula is C25H19F3N2O4. The maximum Gasteiger partial charge on any atom is 0.573 e. The molecule has 2 amide bonds. The Hall–Kier alpha value is -4.27. The van der Waals surface area contributed by atoms with Gasteiger partial charge in [0.05, 0.1) is 18.4 Å². The van der Waals surface area contributed by atoms with Gasteiger partial charge >= 0.3 is 6.36 Å². The van der Waals surface area contributed by atoms with E-state index in [4.69, 9.17) is 4.74 Å². The summed E-state index contributed by atoms with van der Waals surface area (Å²) in [6, 6.07) is 18.5. The first kappa shape index (κ1) is 22.9. The van der Waals surface area contributed by atoms with Gasteiger partial charge in [-0.15, -0.1) is 13.2 Å². The molecule has 0 saturated carbocycles. The number of methoxy groups -OCH3 is 1. The smallest absolute Gasteiger partial charge is 0.496 e. The number of carbonyl (C=O) groups is 2. The van der Waals surface area contributed by atoms with Crippen LogP contribution in [0.15, 0.2) is 78.5 Å². The van der Waals surface area contributed by atoms with Gasteiger partial charge in [0, 0.05) is 11.3 Å². The number of rotatable bonds is 6. The van der Waals surface area contributed by atoms with Crippen molar-refractivity contribution < 1.29 is 32.2 Å². The number of benzene rings is 3. The van der Waals surface area contributed by atoms with Crippen molar-refractivity contribution in [3.8, 4) is 11.5 Å². The SMILES string of the molecule is COc1ccccc1C1=C(Nc2ccc(OC(F)(F)F)cc2)C(=O)N(c2ccc(C)cc2)C1=O. The molecule has 0 unspecified atom stereocenters. The molecule has 1 aliphatic heterocycles. The number of alkyl halides is 3. The third kappa shape index (κ3) is 4.59. The molecule has 6 nitrogen and oxygen atoms in total. The average Bonchev–Trinajstić information content (AvgIpc) is 3.04. The van der Waals surface area contributed by atoms with Gasteiger partial charge in [-0.2, -0.15) is 0 Å². The van der Waals surface area contributed by atoms with Crippen molar-refractivity contribution in [2.45, 2.75) is 13.3 Å². The fourth-order valence-corrected chi connectivity index (χ4v) is 3.56. The van der Waals surface area contributed by atoms with Crippen LogP contribution in [0.5, 0.6) is 11.5 Å². The van der Waals surface area contributed by atoms with E-state index in [1.165, 1.54) is 19.2 Å². The first-order chi connectivity index (χ1) is 16.2. The monoisotopic (exact) mass is 468 g/mol. The van der Waals surface area contributed by atoms with Crippen molar-refractivity contribution in [1.82, 2.24) is 0 Å². The molecule has 0 bridgehead atoms. The van der Waals surface area contributed by atoms with Crippen molar-refractivity contribution in [3.05, 3.63) is 89.6 Å². The molecule has 0 fully saturated rings. The van der Waals surface area contributed by atoms with E-state index in [1.54, 1.807) is 48.5 Å². The first-order valence-electron chi connectivity index (χ1n) is 10.1. The normalized spacial score (nSPS) is 14.0. The zero-order valence-corrected chi connectivity index (χ0v) is 18.1. The lowest BCUT2D eigenvalue weighted by atomic mass is 10.0. The van der Waals surface area contributed by atoms with Crippen molar-refractivity contribution in [1.29, 1.82) is 0 Å². The number of halogens is 3. The lowest BCUT2D eigenvalue weighted by Crippen LogP contribution is -2.32. The predicted molar refractivity (Wildman–Crippen MR) is 120 cm³/mol. The molecule has 0 spiro atoms. The summed E-state index contributed by atoms with van der Waals surface area (Å²) in [5.41, 5.74) is 2.10. The highest BCUT2D eigenvalue weighted by Crippen LogP contribution is 2.37. The zero-order chi connectivity index (χ0) is 24.5. The van der Waals surface area contributed by atoms with Gasteiger partial charge in [0.2, 0.25) is 0 Å². The summed E-state index contributed by atoms with van der Waals surface area (Å²) in [6.07, 6.45) is -4.82. The summed E-state index contributed by atoms with van der Waals surface area (Å²) in [6.45, 7) is 1.88. The fraction of sp³-hybridized carbons (Fsp3) is 0.120. The van der Waals surface area contributed by atoms with E-state index in [0.29, 0.717) is 22.7 Å². The predicted octanol–water partition coefficient (Wildman–Crippen LogP) is 5.30. The topological polar surface area (TPSA) is 67.9 Å². The second-order valence-electron chi connectivity index (χ2n) is 7.43. The van der Waals surface area contributed by atoms with Gasteiger partial charge in [0.1, 0.15) is 17.2 Å². The maximum absolute atomic E-state index is 13.5. The van der Waals surface area contributed by atoms with E-state index in [-0.39, 0.29) is 11.3 Å². The van der Waals surface area contributed by atoms with E-state index in [0.717, 1.165) is 22.6 Å². The summed E-state index contributed by atoms with van der Waals surface area (Å²) in [5.74, 6) is -1.19. The summed E-state index contributed by atoms with van der Waals surface area (Å²) in [5, 5.41) is 2.90. The molecule has 9 heteroatoms. The zero-order valence-electron chi connectivity index (χ0n) is 18.1. The van der Waals surface area contributed by atoms with Crippen LogP contribution in [0.25, 0.3) is 5.57 Å². The Bertz CT molecular complexity index is 1270. The number of nitrogens with zero attached hydrogens (tertiary/aromatic N) is 1. The molecule has 1 heterocycles. The molecule has 0 aliphatic carbocycles. The van der Waals surface area contributed by atoms with Crippen molar-refractivity contribution in [3.63, 3.8) is 0 Å². The molecular weight excluding hydrogens is 449 g/mol. The van der Waals surface area contributed by atoms with Crippen LogP contribution in [-0.2, 0) is 9.59 Å². The Morgan fingerprint density at radius 2 is 1.50 bits per heavy atom. The highest BCUT2D eigenvalue weighted by Gasteiger charge is 2.41. The van der Waals surface area contributed by atoms with Crippen LogP contribution in [0.1, 0.15) is 11.1 Å². The van der Waals surface area contributed by atoms with Crippen LogP contribution in [0.4, 0.5) is 24.5 Å². The van der Waals surface area contributed by atoms with Crippen molar-refractivity contribution in [2.24, 2.45) is 0 Å². The molecule has 1 N–H and O–H groups in total. The summed E-state index contributed by atoms with van der Waals surface area (Å²) >= 11 is 0. The van der Waals surface area contributed by atoms with E-state index in [1.807, 2.05) is 6.92 Å². The standard InChI is InChI=1S/C25H19F3N2O4/c1-15-7-11-17(12-8-15)30-23(31)21(19-5-3-4-6-20(19)33-2)22(24(30)32)29-16-9-13-18(14-10-16)34-25(26,27)28/h3-14,29H,1-2H3. The first-order valence-corrected chi connectivity index (χ1v) is 10.1. The molecule has 0 saturated heterocycles. The molecule has 3 aromatic rings. The third-order valence-corrected chi connectivity index (χ3v) is 5.11. The molecule has 4 rings (SSSR count). The number of ether oxygens (including phenoxy) is 2. The number of nitrogens with one attached hydrogen (secondary N) is 1. The molecule has 0 radical (unpaired) electrons. The summed E-state index contributed by atoms with van der Waals surface area (Å²) < 4.78 is 46.7. The Kier molecular flexibility index (Phi) is 6.02. The number of anilines is 2. The van der Waals surface area contributed by atoms with Crippen molar-refractivity contribution >= 4 is 28.8 Å². The van der Waals surface area contributed by atoms with Crippen LogP contribution < -0.4 is 19.7 Å². The van der Waals surface area contributed by atoms with E-state index < -0.39 is 23.9 Å². The minimum absolute atomic E-state index is 0.0282. The molecule has 174 valence electrons. The number of carbonyl (C=O) groups excluding carboxylic acids is 2. The lowest BCUT2D eigenvalue weighted by molar-refractivity contribution is -0.274. The van der Waals surface area contributed by atoms with Gasteiger partial charge in [-0.3, -0.25) is 9.59 Å². The number of hydrogen-bond acceptors (Lipinski definition) is 5. The van der Waals surface area contributed by atoms with Gasteiger partial charge in [-0.1, -0.05) is 35.9 Å². The second kappa shape index (κ2) is 8.93. The minimum Gasteiger partial charge on any atom is -0.496 e. The third-order valence-electron chi connectivity index (χ3n) is 5.11. The van der Waals surface area contributed by atoms with Crippen LogP contribution in [0, 0.1) is 6.92 Å². The number of hydrogen-bond donors (Lipinski definition) is 1. The maximum atomic E-state index is 13.5. The highest BCUT2D eigenvalue weighted by molar-refractivity contribution is 6.46. The molecule has 0 atom stereocenters. The van der Waals surface area contributed by atoms with Crippen LogP contribution in [0.3, 0.4) is 0 Å². The van der Waals surface area contributed by atoms with Gasteiger partial charge < -0.3 is 14.8 Å². The van der Waals surface area contributed by atoms with Gasteiger partial charge in [0.25, 0.3) is 11.8 Å². The van der Waals surface area contributed by atoms with Crippen LogP contribution in [-0.4, -0.2) is 25.3 Å². The second-order valence-corrected chi connectivity index (χ2v) is 7.43. The number of imide groups is 1. The van der Waals surface area contributed by atoms with E-state index in [2.05, 4.69) is 10.1 Å². The molecule has 3 aromatic carbocycles. The average molecular weight is 468 g/mol. The van der Waals surface area contributed by atoms with Gasteiger partial charge in [-0.25, -0.2) is 4.90 Å². The summed E-state index contributed by atoms with van der Waals surface area (Å²) in [7, 11) is 1.45. The Balaban J connectivity index is 1.76. The van der Waals surface area contributed by atoms with Gasteiger partial charge in [-0.05, 0) is 49.4 Å². The Labute approximate surface area is 193 Å². The number of amides is 2. The van der Waals surface area contributed by atoms with Crippen molar-refractivity contribution in [2.75, 3.05) is 17.3 Å². The van der Waals surface area contributed by atoms with Crippen LogP contribution >= 0.6 is 0 Å². The summed E-state index contributed by atoms with van der Waals surface area (Å²) in [4.78, 5) is 27.9. The molecule has 1 aliphatic rings. The number of aryl methyl sites for hydroxylation is 1.